The fourth-order valence-corrected chi connectivity index (χ4v) is 3.27. The van der Waals surface area contributed by atoms with E-state index >= 15 is 0 Å². The lowest BCUT2D eigenvalue weighted by atomic mass is 10.0. The normalized spacial score (nSPS) is 19.2. The Labute approximate surface area is 168 Å². The van der Waals surface area contributed by atoms with Crippen molar-refractivity contribution in [1.29, 1.82) is 0 Å². The number of aliphatic imine (C=N–C) groups is 1. The summed E-state index contributed by atoms with van der Waals surface area (Å²) in [6, 6.07) is 5.14. The molecule has 28 heavy (non-hydrogen) atoms. The van der Waals surface area contributed by atoms with Gasteiger partial charge in [0.2, 0.25) is 0 Å². The van der Waals surface area contributed by atoms with E-state index in [2.05, 4.69) is 15.6 Å². The van der Waals surface area contributed by atoms with Gasteiger partial charge in [-0.3, -0.25) is 4.99 Å². The first-order chi connectivity index (χ1) is 13.5. The van der Waals surface area contributed by atoms with Gasteiger partial charge in [-0.15, -0.1) is 0 Å². The van der Waals surface area contributed by atoms with Crippen molar-refractivity contribution in [2.75, 3.05) is 33.4 Å². The molecule has 2 fully saturated rings. The van der Waals surface area contributed by atoms with Crippen LogP contribution in [0.5, 0.6) is 5.75 Å². The van der Waals surface area contributed by atoms with Gasteiger partial charge in [0.15, 0.2) is 17.5 Å². The Hall–Kier alpha value is -1.82. The summed E-state index contributed by atoms with van der Waals surface area (Å²) in [6.45, 7) is 7.12. The predicted molar refractivity (Wildman–Crippen MR) is 110 cm³/mol. The first-order valence-electron chi connectivity index (χ1n) is 10.5. The summed E-state index contributed by atoms with van der Waals surface area (Å²) < 4.78 is 25.4. The SMILES string of the molecule is CCOCCC1(CNC(=NC)NC(C)c2ccc(OCC3CC3)c(F)c2)CC1. The highest BCUT2D eigenvalue weighted by atomic mass is 19.1. The molecule has 2 aliphatic rings. The maximum Gasteiger partial charge on any atom is 0.191 e. The lowest BCUT2D eigenvalue weighted by Gasteiger charge is -2.22. The highest BCUT2D eigenvalue weighted by Gasteiger charge is 2.42. The lowest BCUT2D eigenvalue weighted by Crippen LogP contribution is -2.41. The van der Waals surface area contributed by atoms with Gasteiger partial charge in [0.1, 0.15) is 0 Å². The van der Waals surface area contributed by atoms with Crippen LogP contribution in [-0.2, 0) is 4.74 Å². The molecule has 0 saturated heterocycles. The quantitative estimate of drug-likeness (QED) is 0.339. The molecule has 156 valence electrons. The average molecular weight is 392 g/mol. The second kappa shape index (κ2) is 9.59. The molecule has 0 bridgehead atoms. The van der Waals surface area contributed by atoms with Gasteiger partial charge in [0.05, 0.1) is 12.6 Å². The van der Waals surface area contributed by atoms with Crippen molar-refractivity contribution in [3.8, 4) is 5.75 Å². The van der Waals surface area contributed by atoms with Crippen LogP contribution in [0.4, 0.5) is 4.39 Å². The Bertz CT molecular complexity index is 672. The molecule has 1 aromatic rings. The van der Waals surface area contributed by atoms with Gasteiger partial charge in [-0.25, -0.2) is 4.39 Å². The molecular weight excluding hydrogens is 357 g/mol. The Morgan fingerprint density at radius 2 is 2.14 bits per heavy atom. The summed E-state index contributed by atoms with van der Waals surface area (Å²) in [7, 11) is 1.76. The number of hydrogen-bond acceptors (Lipinski definition) is 3. The van der Waals surface area contributed by atoms with Crippen LogP contribution >= 0.6 is 0 Å². The largest absolute Gasteiger partial charge is 0.490 e. The van der Waals surface area contributed by atoms with Crippen molar-refractivity contribution < 1.29 is 13.9 Å². The van der Waals surface area contributed by atoms with Crippen molar-refractivity contribution in [1.82, 2.24) is 10.6 Å². The summed E-state index contributed by atoms with van der Waals surface area (Å²) in [5, 5.41) is 6.79. The minimum Gasteiger partial charge on any atom is -0.490 e. The van der Waals surface area contributed by atoms with Gasteiger partial charge in [0, 0.05) is 26.8 Å². The zero-order chi connectivity index (χ0) is 20.0. The van der Waals surface area contributed by atoms with E-state index in [4.69, 9.17) is 9.47 Å². The van der Waals surface area contributed by atoms with E-state index in [-0.39, 0.29) is 11.9 Å². The van der Waals surface area contributed by atoms with Crippen LogP contribution in [0, 0.1) is 17.2 Å². The number of hydrogen-bond donors (Lipinski definition) is 2. The summed E-state index contributed by atoms with van der Waals surface area (Å²) in [6.07, 6.45) is 5.92. The molecule has 1 atom stereocenters. The molecule has 0 aliphatic heterocycles. The van der Waals surface area contributed by atoms with Crippen LogP contribution in [0.3, 0.4) is 0 Å². The number of guanidine groups is 1. The zero-order valence-corrected chi connectivity index (χ0v) is 17.4. The number of nitrogens with zero attached hydrogens (tertiary/aromatic N) is 1. The van der Waals surface area contributed by atoms with E-state index in [1.807, 2.05) is 19.9 Å². The van der Waals surface area contributed by atoms with E-state index in [9.17, 15) is 4.39 Å². The highest BCUT2D eigenvalue weighted by Crippen LogP contribution is 2.48. The second-order valence-electron chi connectivity index (χ2n) is 8.18. The molecule has 1 unspecified atom stereocenters. The fourth-order valence-electron chi connectivity index (χ4n) is 3.27. The number of nitrogens with one attached hydrogen (secondary N) is 2. The third-order valence-electron chi connectivity index (χ3n) is 5.77. The van der Waals surface area contributed by atoms with Gasteiger partial charge >= 0.3 is 0 Å². The number of benzene rings is 1. The monoisotopic (exact) mass is 391 g/mol. The second-order valence-corrected chi connectivity index (χ2v) is 8.18. The number of halogens is 1. The van der Waals surface area contributed by atoms with Crippen LogP contribution in [-0.4, -0.2) is 39.4 Å². The first-order valence-corrected chi connectivity index (χ1v) is 10.5. The van der Waals surface area contributed by atoms with Crippen LogP contribution in [0.25, 0.3) is 0 Å². The molecule has 6 heteroatoms. The van der Waals surface area contributed by atoms with Gasteiger partial charge in [-0.05, 0) is 75.0 Å². The van der Waals surface area contributed by atoms with E-state index in [0.717, 1.165) is 37.7 Å². The van der Waals surface area contributed by atoms with E-state index in [1.54, 1.807) is 19.2 Å². The lowest BCUT2D eigenvalue weighted by molar-refractivity contribution is 0.128. The van der Waals surface area contributed by atoms with Gasteiger partial charge in [-0.1, -0.05) is 6.07 Å². The van der Waals surface area contributed by atoms with Gasteiger partial charge in [-0.2, -0.15) is 0 Å². The molecule has 0 radical (unpaired) electrons. The van der Waals surface area contributed by atoms with Crippen LogP contribution in [0.2, 0.25) is 0 Å². The Morgan fingerprint density at radius 1 is 1.36 bits per heavy atom. The average Bonchev–Trinajstić information content (AvgIpc) is 3.61. The standard InChI is InChI=1S/C22H34FN3O2/c1-4-27-12-11-22(9-10-22)15-25-21(24-3)26-16(2)18-7-8-20(19(23)13-18)28-14-17-5-6-17/h7-8,13,16-17H,4-6,9-12,14-15H2,1-3H3,(H2,24,25,26). The molecule has 3 rings (SSSR count). The Kier molecular flexibility index (Phi) is 7.16. The molecule has 2 aliphatic carbocycles. The van der Waals surface area contributed by atoms with E-state index in [0.29, 0.717) is 23.7 Å². The smallest absolute Gasteiger partial charge is 0.191 e. The van der Waals surface area contributed by atoms with Crippen molar-refractivity contribution in [2.45, 2.75) is 52.0 Å². The maximum atomic E-state index is 14.4. The Balaban J connectivity index is 1.48. The van der Waals surface area contributed by atoms with E-state index in [1.165, 1.54) is 25.7 Å². The molecule has 2 saturated carbocycles. The third kappa shape index (κ3) is 6.09. The highest BCUT2D eigenvalue weighted by molar-refractivity contribution is 5.80. The summed E-state index contributed by atoms with van der Waals surface area (Å²) in [5.74, 6) is 1.39. The van der Waals surface area contributed by atoms with E-state index < -0.39 is 0 Å². The number of ether oxygens (including phenoxy) is 2. The topological polar surface area (TPSA) is 54.9 Å². The predicted octanol–water partition coefficient (Wildman–Crippen LogP) is 4.05. The molecule has 1 aromatic carbocycles. The molecule has 2 N–H and O–H groups in total. The summed E-state index contributed by atoms with van der Waals surface area (Å²) >= 11 is 0. The molecular formula is C22H34FN3O2. The maximum absolute atomic E-state index is 14.4. The zero-order valence-electron chi connectivity index (χ0n) is 17.4. The summed E-state index contributed by atoms with van der Waals surface area (Å²) in [5.41, 5.74) is 1.21. The van der Waals surface area contributed by atoms with Crippen molar-refractivity contribution in [2.24, 2.45) is 16.3 Å². The van der Waals surface area contributed by atoms with Gasteiger partial charge < -0.3 is 20.1 Å². The van der Waals surface area contributed by atoms with Crippen molar-refractivity contribution in [3.63, 3.8) is 0 Å². The van der Waals surface area contributed by atoms with Crippen LogP contribution in [0.15, 0.2) is 23.2 Å². The Morgan fingerprint density at radius 3 is 2.75 bits per heavy atom. The van der Waals surface area contributed by atoms with Crippen molar-refractivity contribution >= 4 is 5.96 Å². The molecule has 0 heterocycles. The fraction of sp³-hybridized carbons (Fsp3) is 0.682. The molecule has 0 aromatic heterocycles. The molecule has 0 spiro atoms. The minimum atomic E-state index is -0.303. The number of rotatable bonds is 11. The summed E-state index contributed by atoms with van der Waals surface area (Å²) in [4.78, 5) is 4.32. The van der Waals surface area contributed by atoms with Crippen LogP contribution in [0.1, 0.15) is 57.6 Å². The van der Waals surface area contributed by atoms with Gasteiger partial charge in [0.25, 0.3) is 0 Å². The van der Waals surface area contributed by atoms with Crippen LogP contribution < -0.4 is 15.4 Å². The van der Waals surface area contributed by atoms with Crippen molar-refractivity contribution in [3.05, 3.63) is 29.6 Å². The first kappa shape index (κ1) is 20.9. The minimum absolute atomic E-state index is 0.0586. The molecule has 0 amide bonds. The molecule has 5 nitrogen and oxygen atoms in total. The third-order valence-corrected chi connectivity index (χ3v) is 5.77.